The van der Waals surface area contributed by atoms with Gasteiger partial charge in [-0.1, -0.05) is 45.0 Å². The van der Waals surface area contributed by atoms with E-state index in [0.717, 1.165) is 22.9 Å². The van der Waals surface area contributed by atoms with Crippen molar-refractivity contribution >= 4 is 16.8 Å². The maximum absolute atomic E-state index is 15.3. The lowest BCUT2D eigenvalue weighted by molar-refractivity contribution is -0.138. The normalized spacial score (nSPS) is 16.2. The number of aromatic amines is 1. The predicted molar refractivity (Wildman–Crippen MR) is 133 cm³/mol. The Morgan fingerprint density at radius 2 is 1.91 bits per heavy atom. The lowest BCUT2D eigenvalue weighted by Gasteiger charge is -2.25. The monoisotopic (exact) mass is 473 g/mol. The van der Waals surface area contributed by atoms with Crippen molar-refractivity contribution in [3.05, 3.63) is 76.9 Å². The minimum Gasteiger partial charge on any atom is -0.342 e. The zero-order valence-electron chi connectivity index (χ0n) is 20.1. The second-order valence-electron chi connectivity index (χ2n) is 10.2. The standard InChI is InChI=1S/C27H28FN5O2/c1-27(2,3)25(34)32-12-10-17(16-32)13-24-30-31-26(35)33(24)23-9-8-19(14-21(23)28)20-7-6-18-5-4-11-29-22(18)15-20/h4-9,11,14-15,17H,10,12-13,16H2,1-3H3,(H,31,35)/t17-/m0/s1. The van der Waals surface area contributed by atoms with Gasteiger partial charge in [-0.25, -0.2) is 18.9 Å². The summed E-state index contributed by atoms with van der Waals surface area (Å²) in [5, 5.41) is 7.65. The van der Waals surface area contributed by atoms with E-state index in [1.54, 1.807) is 18.3 Å². The lowest BCUT2D eigenvalue weighted by atomic mass is 9.95. The van der Waals surface area contributed by atoms with E-state index in [9.17, 15) is 9.59 Å². The topological polar surface area (TPSA) is 83.9 Å². The van der Waals surface area contributed by atoms with E-state index in [1.165, 1.54) is 10.6 Å². The summed E-state index contributed by atoms with van der Waals surface area (Å²) in [4.78, 5) is 31.4. The largest absolute Gasteiger partial charge is 0.348 e. The molecule has 0 bridgehead atoms. The molecule has 0 aliphatic carbocycles. The maximum Gasteiger partial charge on any atom is 0.348 e. The maximum atomic E-state index is 15.3. The van der Waals surface area contributed by atoms with E-state index in [0.29, 0.717) is 30.9 Å². The molecule has 4 aromatic rings. The van der Waals surface area contributed by atoms with Gasteiger partial charge in [-0.2, -0.15) is 5.10 Å². The summed E-state index contributed by atoms with van der Waals surface area (Å²) in [5.41, 5.74) is 1.61. The molecule has 2 aromatic heterocycles. The molecule has 1 fully saturated rings. The number of fused-ring (bicyclic) bond motifs is 1. The number of nitrogens with zero attached hydrogens (tertiary/aromatic N) is 4. The van der Waals surface area contributed by atoms with Crippen molar-refractivity contribution < 1.29 is 9.18 Å². The van der Waals surface area contributed by atoms with Gasteiger partial charge in [0.2, 0.25) is 5.91 Å². The van der Waals surface area contributed by atoms with Gasteiger partial charge < -0.3 is 4.90 Å². The van der Waals surface area contributed by atoms with Crippen LogP contribution in [0.2, 0.25) is 0 Å². The first kappa shape index (κ1) is 23.0. The molecule has 8 heteroatoms. The highest BCUT2D eigenvalue weighted by Crippen LogP contribution is 2.28. The van der Waals surface area contributed by atoms with E-state index in [2.05, 4.69) is 15.2 Å². The molecule has 180 valence electrons. The molecule has 1 aliphatic rings. The number of nitrogens with one attached hydrogen (secondary N) is 1. The van der Waals surface area contributed by atoms with E-state index < -0.39 is 16.9 Å². The fourth-order valence-corrected chi connectivity index (χ4v) is 4.75. The second kappa shape index (κ2) is 8.76. The number of H-pyrrole nitrogens is 1. The number of hydrogen-bond acceptors (Lipinski definition) is 4. The number of amides is 1. The zero-order chi connectivity index (χ0) is 24.7. The Hall–Kier alpha value is -3.81. The fourth-order valence-electron chi connectivity index (χ4n) is 4.75. The molecule has 35 heavy (non-hydrogen) atoms. The molecule has 1 amide bonds. The number of rotatable bonds is 4. The van der Waals surface area contributed by atoms with Crippen LogP contribution in [-0.2, 0) is 11.2 Å². The van der Waals surface area contributed by atoms with Gasteiger partial charge in [0.05, 0.1) is 11.2 Å². The van der Waals surface area contributed by atoms with Crippen molar-refractivity contribution in [3.63, 3.8) is 0 Å². The van der Waals surface area contributed by atoms with Gasteiger partial charge in [-0.05, 0) is 47.7 Å². The second-order valence-corrected chi connectivity index (χ2v) is 10.2. The average Bonchev–Trinajstić information content (AvgIpc) is 3.44. The number of hydrogen-bond donors (Lipinski definition) is 1. The minimum atomic E-state index is -0.510. The molecule has 0 saturated carbocycles. The van der Waals surface area contributed by atoms with Gasteiger partial charge >= 0.3 is 5.69 Å². The number of carbonyl (C=O) groups is 1. The Morgan fingerprint density at radius 1 is 1.14 bits per heavy atom. The van der Waals surface area contributed by atoms with Gasteiger partial charge in [0.25, 0.3) is 0 Å². The number of likely N-dealkylation sites (tertiary alicyclic amines) is 1. The first-order chi connectivity index (χ1) is 16.7. The molecule has 5 rings (SSSR count). The van der Waals surface area contributed by atoms with Crippen LogP contribution in [0, 0.1) is 17.2 Å². The summed E-state index contributed by atoms with van der Waals surface area (Å²) in [6, 6.07) is 14.5. The van der Waals surface area contributed by atoms with E-state index in [4.69, 9.17) is 0 Å². The Labute approximate surface area is 202 Å². The van der Waals surface area contributed by atoms with Gasteiger partial charge in [0, 0.05) is 36.5 Å². The third-order valence-corrected chi connectivity index (χ3v) is 6.56. The number of benzene rings is 2. The molecule has 0 unspecified atom stereocenters. The molecule has 1 saturated heterocycles. The minimum absolute atomic E-state index is 0.116. The smallest absolute Gasteiger partial charge is 0.342 e. The van der Waals surface area contributed by atoms with Crippen LogP contribution in [0.1, 0.15) is 33.0 Å². The highest BCUT2D eigenvalue weighted by atomic mass is 19.1. The van der Waals surface area contributed by atoms with Crippen molar-refractivity contribution in [1.29, 1.82) is 0 Å². The molecule has 0 radical (unpaired) electrons. The summed E-state index contributed by atoms with van der Waals surface area (Å²) >= 11 is 0. The molecular weight excluding hydrogens is 445 g/mol. The molecule has 3 heterocycles. The molecule has 1 N–H and O–H groups in total. The average molecular weight is 474 g/mol. The van der Waals surface area contributed by atoms with Crippen molar-refractivity contribution in [1.82, 2.24) is 24.6 Å². The van der Waals surface area contributed by atoms with Crippen molar-refractivity contribution in [2.75, 3.05) is 13.1 Å². The lowest BCUT2D eigenvalue weighted by Crippen LogP contribution is -2.38. The van der Waals surface area contributed by atoms with Crippen LogP contribution in [0.4, 0.5) is 4.39 Å². The van der Waals surface area contributed by atoms with Crippen LogP contribution in [0.3, 0.4) is 0 Å². The summed E-state index contributed by atoms with van der Waals surface area (Å²) in [6.45, 7) is 7.02. The first-order valence-electron chi connectivity index (χ1n) is 11.8. The molecule has 2 aromatic carbocycles. The van der Waals surface area contributed by atoms with Crippen molar-refractivity contribution in [3.8, 4) is 16.8 Å². The first-order valence-corrected chi connectivity index (χ1v) is 11.8. The van der Waals surface area contributed by atoms with E-state index in [-0.39, 0.29) is 17.5 Å². The predicted octanol–water partition coefficient (Wildman–Crippen LogP) is 4.35. The van der Waals surface area contributed by atoms with Crippen LogP contribution < -0.4 is 5.69 Å². The van der Waals surface area contributed by atoms with Gasteiger partial charge in [-0.3, -0.25) is 9.78 Å². The van der Waals surface area contributed by atoms with Crippen LogP contribution in [0.15, 0.2) is 59.5 Å². The molecule has 7 nitrogen and oxygen atoms in total. The molecule has 0 spiro atoms. The number of aromatic nitrogens is 4. The number of carbonyl (C=O) groups excluding carboxylic acids is 1. The van der Waals surface area contributed by atoms with Gasteiger partial charge in [0.1, 0.15) is 11.6 Å². The fraction of sp³-hybridized carbons (Fsp3) is 0.333. The Morgan fingerprint density at radius 3 is 2.69 bits per heavy atom. The van der Waals surface area contributed by atoms with Crippen LogP contribution in [0.5, 0.6) is 0 Å². The summed E-state index contributed by atoms with van der Waals surface area (Å²) in [6.07, 6.45) is 3.02. The Bertz CT molecular complexity index is 1470. The molecular formula is C27H28FN5O2. The third-order valence-electron chi connectivity index (χ3n) is 6.56. The highest BCUT2D eigenvalue weighted by Gasteiger charge is 2.33. The summed E-state index contributed by atoms with van der Waals surface area (Å²) in [7, 11) is 0. The van der Waals surface area contributed by atoms with Gasteiger partial charge in [0.15, 0.2) is 0 Å². The zero-order valence-corrected chi connectivity index (χ0v) is 20.1. The summed E-state index contributed by atoms with van der Waals surface area (Å²) < 4.78 is 16.6. The van der Waals surface area contributed by atoms with Crippen molar-refractivity contribution in [2.24, 2.45) is 11.3 Å². The summed E-state index contributed by atoms with van der Waals surface area (Å²) in [5.74, 6) is 0.226. The highest BCUT2D eigenvalue weighted by molar-refractivity contribution is 5.84. The number of pyridine rings is 1. The SMILES string of the molecule is CC(C)(C)C(=O)N1CC[C@@H](Cc2n[nH]c(=O)n2-c2ccc(-c3ccc4cccnc4c3)cc2F)C1. The Balaban J connectivity index is 1.40. The van der Waals surface area contributed by atoms with Crippen molar-refractivity contribution in [2.45, 2.75) is 33.6 Å². The van der Waals surface area contributed by atoms with Crippen LogP contribution in [-0.4, -0.2) is 43.6 Å². The Kier molecular flexibility index (Phi) is 5.75. The molecule has 1 atom stereocenters. The van der Waals surface area contributed by atoms with Gasteiger partial charge in [-0.15, -0.1) is 0 Å². The molecule has 1 aliphatic heterocycles. The van der Waals surface area contributed by atoms with E-state index in [1.807, 2.05) is 56.0 Å². The van der Waals surface area contributed by atoms with E-state index >= 15 is 4.39 Å². The third kappa shape index (κ3) is 4.48. The van der Waals surface area contributed by atoms with Crippen LogP contribution >= 0.6 is 0 Å². The van der Waals surface area contributed by atoms with Crippen LogP contribution in [0.25, 0.3) is 27.7 Å². The number of halogens is 1. The quantitative estimate of drug-likeness (QED) is 0.478.